The van der Waals surface area contributed by atoms with Crippen molar-refractivity contribution in [3.05, 3.63) is 10.3 Å². The topological polar surface area (TPSA) is 83.3 Å². The van der Waals surface area contributed by atoms with Crippen LogP contribution in [0.2, 0.25) is 0 Å². The molecule has 0 aliphatic carbocycles. The molecule has 0 aliphatic rings. The van der Waals surface area contributed by atoms with Gasteiger partial charge in [0.2, 0.25) is 5.69 Å². The van der Waals surface area contributed by atoms with Crippen molar-refractivity contribution in [2.45, 2.75) is 52.2 Å². The molecule has 1 aromatic rings. The van der Waals surface area contributed by atoms with Gasteiger partial charge in [-0.1, -0.05) is 5.21 Å². The van der Waals surface area contributed by atoms with Gasteiger partial charge in [0, 0.05) is 13.0 Å². The Labute approximate surface area is 132 Å². The molecular formula is C13H20BrN3O4. The number of ether oxygens (including phenoxy) is 2. The summed E-state index contributed by atoms with van der Waals surface area (Å²) in [5, 5.41) is 7.61. The first-order chi connectivity index (χ1) is 9.74. The number of hydrogen-bond acceptors (Lipinski definition) is 6. The first kappa shape index (κ1) is 17.6. The third-order valence-corrected chi connectivity index (χ3v) is 3.26. The second-order valence-electron chi connectivity index (χ2n) is 5.49. The van der Waals surface area contributed by atoms with E-state index in [1.807, 2.05) is 20.8 Å². The molecule has 1 aromatic heterocycles. The first-order valence-corrected chi connectivity index (χ1v) is 7.43. The van der Waals surface area contributed by atoms with E-state index in [9.17, 15) is 9.59 Å². The van der Waals surface area contributed by atoms with Crippen molar-refractivity contribution < 1.29 is 19.1 Å². The van der Waals surface area contributed by atoms with Gasteiger partial charge in [-0.15, -0.1) is 5.10 Å². The van der Waals surface area contributed by atoms with Crippen molar-refractivity contribution in [3.8, 4) is 0 Å². The predicted octanol–water partition coefficient (Wildman–Crippen LogP) is 2.34. The molecular weight excluding hydrogens is 342 g/mol. The van der Waals surface area contributed by atoms with Gasteiger partial charge in [-0.2, -0.15) is 0 Å². The second kappa shape index (κ2) is 7.53. The first-order valence-electron chi connectivity index (χ1n) is 6.63. The number of rotatable bonds is 6. The molecule has 118 valence electrons. The average Bonchev–Trinajstić information content (AvgIpc) is 2.73. The van der Waals surface area contributed by atoms with E-state index in [-0.39, 0.29) is 11.7 Å². The molecule has 0 bridgehead atoms. The number of aromatic nitrogens is 3. The normalized spacial score (nSPS) is 11.3. The Balaban J connectivity index is 2.39. The van der Waals surface area contributed by atoms with Gasteiger partial charge in [0.05, 0.1) is 7.11 Å². The van der Waals surface area contributed by atoms with E-state index in [0.29, 0.717) is 24.0 Å². The number of hydrogen-bond donors (Lipinski definition) is 0. The molecule has 8 heteroatoms. The minimum atomic E-state index is -0.540. The number of nitrogens with zero attached hydrogens (tertiary/aromatic N) is 3. The zero-order valence-electron chi connectivity index (χ0n) is 12.7. The van der Waals surface area contributed by atoms with Crippen LogP contribution in [0.25, 0.3) is 0 Å². The van der Waals surface area contributed by atoms with Gasteiger partial charge < -0.3 is 9.47 Å². The summed E-state index contributed by atoms with van der Waals surface area (Å²) in [7, 11) is 1.29. The highest BCUT2D eigenvalue weighted by Crippen LogP contribution is 2.16. The summed E-state index contributed by atoms with van der Waals surface area (Å²) >= 11 is 3.26. The number of esters is 2. The van der Waals surface area contributed by atoms with E-state index in [1.54, 1.807) is 4.68 Å². The maximum atomic E-state index is 11.5. The Kier molecular flexibility index (Phi) is 6.32. The molecule has 0 aromatic carbocycles. The van der Waals surface area contributed by atoms with E-state index >= 15 is 0 Å². The van der Waals surface area contributed by atoms with Crippen LogP contribution >= 0.6 is 15.9 Å². The van der Waals surface area contributed by atoms with Crippen LogP contribution in [-0.4, -0.2) is 39.6 Å². The van der Waals surface area contributed by atoms with Gasteiger partial charge in [-0.3, -0.25) is 4.79 Å². The lowest BCUT2D eigenvalue weighted by Crippen LogP contribution is -2.23. The SMILES string of the molecule is COC(=O)c1nnn(CCCCC(=O)OC(C)(C)C)c1Br. The number of carbonyl (C=O) groups is 2. The van der Waals surface area contributed by atoms with E-state index in [2.05, 4.69) is 31.0 Å². The van der Waals surface area contributed by atoms with Gasteiger partial charge in [0.15, 0.2) is 0 Å². The summed E-state index contributed by atoms with van der Waals surface area (Å²) in [5.74, 6) is -0.753. The second-order valence-corrected chi connectivity index (χ2v) is 6.24. The number of unbranched alkanes of at least 4 members (excludes halogenated alkanes) is 1. The largest absolute Gasteiger partial charge is 0.464 e. The minimum absolute atomic E-state index is 0.143. The third kappa shape index (κ3) is 5.82. The molecule has 1 heterocycles. The number of carbonyl (C=O) groups excluding carboxylic acids is 2. The number of methoxy groups -OCH3 is 1. The maximum absolute atomic E-state index is 11.5. The fourth-order valence-electron chi connectivity index (χ4n) is 1.59. The van der Waals surface area contributed by atoms with E-state index in [4.69, 9.17) is 4.74 Å². The molecule has 0 atom stereocenters. The lowest BCUT2D eigenvalue weighted by Gasteiger charge is -2.19. The van der Waals surface area contributed by atoms with Gasteiger partial charge in [-0.05, 0) is 49.5 Å². The molecule has 0 saturated carbocycles. The van der Waals surface area contributed by atoms with Crippen LogP contribution in [0.15, 0.2) is 4.60 Å². The van der Waals surface area contributed by atoms with Crippen molar-refractivity contribution >= 4 is 27.9 Å². The Morgan fingerprint density at radius 1 is 1.29 bits per heavy atom. The number of halogens is 1. The van der Waals surface area contributed by atoms with Crippen molar-refractivity contribution in [2.24, 2.45) is 0 Å². The highest BCUT2D eigenvalue weighted by molar-refractivity contribution is 9.10. The fraction of sp³-hybridized carbons (Fsp3) is 0.692. The quantitative estimate of drug-likeness (QED) is 0.571. The smallest absolute Gasteiger partial charge is 0.361 e. The highest BCUT2D eigenvalue weighted by atomic mass is 79.9. The van der Waals surface area contributed by atoms with Gasteiger partial charge in [0.1, 0.15) is 10.2 Å². The molecule has 0 spiro atoms. The Morgan fingerprint density at radius 2 is 1.95 bits per heavy atom. The lowest BCUT2D eigenvalue weighted by molar-refractivity contribution is -0.154. The van der Waals surface area contributed by atoms with E-state index < -0.39 is 11.6 Å². The maximum Gasteiger partial charge on any atom is 0.361 e. The Morgan fingerprint density at radius 3 is 2.52 bits per heavy atom. The zero-order valence-corrected chi connectivity index (χ0v) is 14.3. The van der Waals surface area contributed by atoms with Crippen molar-refractivity contribution in [3.63, 3.8) is 0 Å². The standard InChI is InChI=1S/C13H20BrN3O4/c1-13(2,3)21-9(18)7-5-6-8-17-11(14)10(15-16-17)12(19)20-4/h5-8H2,1-4H3. The summed E-state index contributed by atoms with van der Waals surface area (Å²) in [5.41, 5.74) is -0.314. The van der Waals surface area contributed by atoms with Crippen LogP contribution in [0.1, 0.15) is 50.5 Å². The molecule has 0 amide bonds. The molecule has 1 rings (SSSR count). The monoisotopic (exact) mass is 361 g/mol. The Hall–Kier alpha value is -1.44. The van der Waals surface area contributed by atoms with Crippen LogP contribution < -0.4 is 0 Å². The van der Waals surface area contributed by atoms with Gasteiger partial charge in [0.25, 0.3) is 0 Å². The highest BCUT2D eigenvalue weighted by Gasteiger charge is 2.18. The van der Waals surface area contributed by atoms with Crippen LogP contribution in [0.4, 0.5) is 0 Å². The predicted molar refractivity (Wildman–Crippen MR) is 78.8 cm³/mol. The van der Waals surface area contributed by atoms with Gasteiger partial charge >= 0.3 is 11.9 Å². The fourth-order valence-corrected chi connectivity index (χ4v) is 2.08. The van der Waals surface area contributed by atoms with E-state index in [0.717, 1.165) is 6.42 Å². The summed E-state index contributed by atoms with van der Waals surface area (Å²) in [4.78, 5) is 22.9. The molecule has 0 unspecified atom stereocenters. The van der Waals surface area contributed by atoms with Crippen molar-refractivity contribution in [1.82, 2.24) is 15.0 Å². The third-order valence-electron chi connectivity index (χ3n) is 2.47. The van der Waals surface area contributed by atoms with Crippen molar-refractivity contribution in [2.75, 3.05) is 7.11 Å². The summed E-state index contributed by atoms with van der Waals surface area (Å²) in [6, 6.07) is 0. The molecule has 0 aliphatic heterocycles. The molecule has 7 nitrogen and oxygen atoms in total. The summed E-state index contributed by atoms with van der Waals surface area (Å²) in [6.45, 7) is 6.07. The van der Waals surface area contributed by atoms with Crippen molar-refractivity contribution in [1.29, 1.82) is 0 Å². The summed E-state index contributed by atoms with van der Waals surface area (Å²) in [6.07, 6.45) is 1.75. The number of aryl methyl sites for hydroxylation is 1. The van der Waals surface area contributed by atoms with Crippen LogP contribution in [-0.2, 0) is 20.8 Å². The average molecular weight is 362 g/mol. The van der Waals surface area contributed by atoms with E-state index in [1.165, 1.54) is 7.11 Å². The zero-order chi connectivity index (χ0) is 16.0. The summed E-state index contributed by atoms with van der Waals surface area (Å²) < 4.78 is 11.8. The molecule has 0 saturated heterocycles. The van der Waals surface area contributed by atoms with Crippen LogP contribution in [0.5, 0.6) is 0 Å². The molecule has 0 fully saturated rings. The molecule has 21 heavy (non-hydrogen) atoms. The van der Waals surface area contributed by atoms with Crippen LogP contribution in [0.3, 0.4) is 0 Å². The molecule has 0 N–H and O–H groups in total. The van der Waals surface area contributed by atoms with Gasteiger partial charge in [-0.25, -0.2) is 9.48 Å². The Bertz CT molecular complexity index is 508. The van der Waals surface area contributed by atoms with Crippen LogP contribution in [0, 0.1) is 0 Å². The molecule has 0 radical (unpaired) electrons. The lowest BCUT2D eigenvalue weighted by atomic mass is 10.2. The minimum Gasteiger partial charge on any atom is -0.464 e.